The van der Waals surface area contributed by atoms with E-state index in [2.05, 4.69) is 32.2 Å². The number of rotatable bonds is 8. The third-order valence-electron chi connectivity index (χ3n) is 4.08. The minimum Gasteiger partial charge on any atom is -0.493 e. The largest absolute Gasteiger partial charge is 0.493 e. The van der Waals surface area contributed by atoms with E-state index >= 15 is 0 Å². The maximum atomic E-state index is 12.8. The Morgan fingerprint density at radius 3 is 2.42 bits per heavy atom. The summed E-state index contributed by atoms with van der Waals surface area (Å²) in [4.78, 5) is 16.0. The Hall–Kier alpha value is -2.01. The highest BCUT2D eigenvalue weighted by atomic mass is 32.1. The van der Waals surface area contributed by atoms with Crippen molar-refractivity contribution in [3.8, 4) is 11.5 Å². The van der Waals surface area contributed by atoms with Crippen LogP contribution in [0, 0.1) is 5.41 Å². The van der Waals surface area contributed by atoms with Gasteiger partial charge in [-0.3, -0.25) is 4.79 Å². The summed E-state index contributed by atoms with van der Waals surface area (Å²) in [6.07, 6.45) is 1.33. The smallest absolute Gasteiger partial charge is 0.223 e. The van der Waals surface area contributed by atoms with Crippen molar-refractivity contribution in [2.75, 3.05) is 20.8 Å². The number of ether oxygens (including phenoxy) is 2. The summed E-state index contributed by atoms with van der Waals surface area (Å²) in [5.41, 5.74) is 1.11. The molecule has 5 heteroatoms. The molecule has 1 amide bonds. The van der Waals surface area contributed by atoms with Crippen molar-refractivity contribution < 1.29 is 14.3 Å². The summed E-state index contributed by atoms with van der Waals surface area (Å²) in [7, 11) is 3.27. The molecule has 1 aromatic carbocycles. The van der Waals surface area contributed by atoms with Crippen molar-refractivity contribution in [2.45, 2.75) is 40.2 Å². The van der Waals surface area contributed by atoms with Crippen LogP contribution >= 0.6 is 11.3 Å². The molecule has 4 nitrogen and oxygen atoms in total. The number of thiophene rings is 1. The first-order chi connectivity index (χ1) is 12.3. The van der Waals surface area contributed by atoms with Gasteiger partial charge in [0.05, 0.1) is 20.8 Å². The number of hydrogen-bond acceptors (Lipinski definition) is 4. The lowest BCUT2D eigenvalue weighted by atomic mass is 9.91. The van der Waals surface area contributed by atoms with Gasteiger partial charge in [0, 0.05) is 17.8 Å². The van der Waals surface area contributed by atoms with Gasteiger partial charge in [-0.15, -0.1) is 11.3 Å². The molecule has 0 aliphatic heterocycles. The zero-order chi connectivity index (χ0) is 19.2. The van der Waals surface area contributed by atoms with Crippen molar-refractivity contribution in [3.63, 3.8) is 0 Å². The third kappa shape index (κ3) is 6.06. The number of nitrogens with zero attached hydrogens (tertiary/aromatic N) is 1. The van der Waals surface area contributed by atoms with Gasteiger partial charge >= 0.3 is 0 Å². The van der Waals surface area contributed by atoms with Crippen molar-refractivity contribution in [2.24, 2.45) is 5.41 Å². The first-order valence-corrected chi connectivity index (χ1v) is 9.71. The number of hydrogen-bond donors (Lipinski definition) is 0. The fourth-order valence-electron chi connectivity index (χ4n) is 2.75. The maximum Gasteiger partial charge on any atom is 0.223 e. The second kappa shape index (κ2) is 9.08. The lowest BCUT2D eigenvalue weighted by molar-refractivity contribution is -0.133. The van der Waals surface area contributed by atoms with Crippen LogP contribution in [0.5, 0.6) is 11.5 Å². The predicted octanol–water partition coefficient (Wildman–Crippen LogP) is 4.77. The van der Waals surface area contributed by atoms with Crippen LogP contribution in [-0.4, -0.2) is 31.6 Å². The molecule has 0 aliphatic carbocycles. The van der Waals surface area contributed by atoms with Gasteiger partial charge in [0.15, 0.2) is 11.5 Å². The van der Waals surface area contributed by atoms with Crippen LogP contribution in [-0.2, 0) is 17.8 Å². The van der Waals surface area contributed by atoms with Crippen LogP contribution in [0.3, 0.4) is 0 Å². The molecule has 0 bridgehead atoms. The molecule has 2 aromatic rings. The highest BCUT2D eigenvalue weighted by Gasteiger charge is 2.21. The van der Waals surface area contributed by atoms with Gasteiger partial charge in [-0.05, 0) is 41.0 Å². The summed E-state index contributed by atoms with van der Waals surface area (Å²) >= 11 is 1.69. The van der Waals surface area contributed by atoms with Crippen LogP contribution in [0.15, 0.2) is 35.7 Å². The zero-order valence-electron chi connectivity index (χ0n) is 16.4. The molecule has 1 aromatic heterocycles. The fraction of sp³-hybridized carbons (Fsp3) is 0.476. The Bertz CT molecular complexity index is 705. The standard InChI is InChI=1S/C21H29NO3S/c1-21(2,3)14-20(23)22(15-17-7-6-12-26-17)11-10-16-8-9-18(24-4)19(13-16)25-5/h6-9,12-13H,10-11,14-15H2,1-5H3. The van der Waals surface area contributed by atoms with E-state index in [0.717, 1.165) is 23.5 Å². The number of amides is 1. The van der Waals surface area contributed by atoms with Crippen LogP contribution in [0.25, 0.3) is 0 Å². The topological polar surface area (TPSA) is 38.8 Å². The van der Waals surface area contributed by atoms with Gasteiger partial charge in [0.2, 0.25) is 5.91 Å². The van der Waals surface area contributed by atoms with Gasteiger partial charge < -0.3 is 14.4 Å². The van der Waals surface area contributed by atoms with Crippen molar-refractivity contribution in [1.82, 2.24) is 4.90 Å². The highest BCUT2D eigenvalue weighted by Crippen LogP contribution is 2.28. The Morgan fingerprint density at radius 2 is 1.85 bits per heavy atom. The Morgan fingerprint density at radius 1 is 1.12 bits per heavy atom. The SMILES string of the molecule is COc1ccc(CCN(Cc2cccs2)C(=O)CC(C)(C)C)cc1OC. The number of carbonyl (C=O) groups excluding carboxylic acids is 1. The molecule has 0 N–H and O–H groups in total. The first kappa shape index (κ1) is 20.3. The summed E-state index contributed by atoms with van der Waals surface area (Å²) in [5.74, 6) is 1.64. The molecular formula is C21H29NO3S. The second-order valence-electron chi connectivity index (χ2n) is 7.57. The molecule has 26 heavy (non-hydrogen) atoms. The second-order valence-corrected chi connectivity index (χ2v) is 8.60. The first-order valence-electron chi connectivity index (χ1n) is 8.83. The summed E-state index contributed by atoms with van der Waals surface area (Å²) in [6, 6.07) is 10.0. The molecule has 1 heterocycles. The fourth-order valence-corrected chi connectivity index (χ4v) is 3.47. The molecule has 142 valence electrons. The molecule has 0 saturated heterocycles. The van der Waals surface area contributed by atoms with Gasteiger partial charge in [-0.1, -0.05) is 32.9 Å². The molecule has 0 atom stereocenters. The lowest BCUT2D eigenvalue weighted by Crippen LogP contribution is -2.34. The van der Waals surface area contributed by atoms with E-state index in [0.29, 0.717) is 19.5 Å². The van der Waals surface area contributed by atoms with E-state index in [1.165, 1.54) is 4.88 Å². The monoisotopic (exact) mass is 375 g/mol. The van der Waals surface area contributed by atoms with Crippen LogP contribution in [0.4, 0.5) is 0 Å². The van der Waals surface area contributed by atoms with E-state index in [9.17, 15) is 4.79 Å². The van der Waals surface area contributed by atoms with Crippen LogP contribution in [0.1, 0.15) is 37.6 Å². The Balaban J connectivity index is 2.09. The number of carbonyl (C=O) groups is 1. The average Bonchev–Trinajstić information content (AvgIpc) is 3.09. The number of methoxy groups -OCH3 is 2. The Labute approximate surface area is 160 Å². The molecule has 0 radical (unpaired) electrons. The zero-order valence-corrected chi connectivity index (χ0v) is 17.2. The van der Waals surface area contributed by atoms with Gasteiger partial charge in [0.1, 0.15) is 0 Å². The quantitative estimate of drug-likeness (QED) is 0.667. The van der Waals surface area contributed by atoms with Crippen LogP contribution < -0.4 is 9.47 Å². The maximum absolute atomic E-state index is 12.8. The van der Waals surface area contributed by atoms with Gasteiger partial charge in [-0.25, -0.2) is 0 Å². The molecule has 0 fully saturated rings. The highest BCUT2D eigenvalue weighted by molar-refractivity contribution is 7.09. The van der Waals surface area contributed by atoms with Gasteiger partial charge in [0.25, 0.3) is 0 Å². The molecule has 0 aliphatic rings. The molecule has 0 unspecified atom stereocenters. The predicted molar refractivity (Wildman–Crippen MR) is 107 cm³/mol. The van der Waals surface area contributed by atoms with Crippen molar-refractivity contribution in [1.29, 1.82) is 0 Å². The molecular weight excluding hydrogens is 346 g/mol. The summed E-state index contributed by atoms with van der Waals surface area (Å²) in [6.45, 7) is 7.65. The van der Waals surface area contributed by atoms with E-state index in [1.54, 1.807) is 25.6 Å². The number of benzene rings is 1. The molecule has 0 spiro atoms. The average molecular weight is 376 g/mol. The van der Waals surface area contributed by atoms with Crippen molar-refractivity contribution >= 4 is 17.2 Å². The van der Waals surface area contributed by atoms with E-state index in [1.807, 2.05) is 29.2 Å². The minimum atomic E-state index is -0.0197. The molecule has 0 saturated carbocycles. The van der Waals surface area contributed by atoms with E-state index < -0.39 is 0 Å². The Kier molecular flexibility index (Phi) is 7.09. The third-order valence-corrected chi connectivity index (χ3v) is 4.94. The van der Waals surface area contributed by atoms with Gasteiger partial charge in [-0.2, -0.15) is 0 Å². The molecule has 2 rings (SSSR count). The summed E-state index contributed by atoms with van der Waals surface area (Å²) < 4.78 is 10.7. The van der Waals surface area contributed by atoms with Crippen LogP contribution in [0.2, 0.25) is 0 Å². The van der Waals surface area contributed by atoms with E-state index in [4.69, 9.17) is 9.47 Å². The lowest BCUT2D eigenvalue weighted by Gasteiger charge is -2.26. The summed E-state index contributed by atoms with van der Waals surface area (Å²) in [5, 5.41) is 2.05. The van der Waals surface area contributed by atoms with Crippen molar-refractivity contribution in [3.05, 3.63) is 46.2 Å². The normalized spacial score (nSPS) is 11.3. The van der Waals surface area contributed by atoms with E-state index in [-0.39, 0.29) is 11.3 Å². The minimum absolute atomic E-state index is 0.0197.